The predicted molar refractivity (Wildman–Crippen MR) is 108 cm³/mol. The molecule has 0 bridgehead atoms. The minimum absolute atomic E-state index is 0.00123. The summed E-state index contributed by atoms with van der Waals surface area (Å²) in [6.07, 6.45) is 0. The molecule has 1 aliphatic heterocycles. The first-order valence-electron chi connectivity index (χ1n) is 8.45. The van der Waals surface area contributed by atoms with Crippen molar-refractivity contribution in [3.05, 3.63) is 87.7 Å². The average molecular weight is 413 g/mol. The number of allylic oxidation sites excluding steroid dienone is 2. The molecule has 0 spiro atoms. The number of hydrogen-bond acceptors (Lipinski definition) is 4. The van der Waals surface area contributed by atoms with Crippen LogP contribution in [-0.2, 0) is 15.6 Å². The second-order valence-corrected chi connectivity index (χ2v) is 8.15. The fourth-order valence-corrected chi connectivity index (χ4v) is 4.53. The number of dihydropyridines is 1. The summed E-state index contributed by atoms with van der Waals surface area (Å²) >= 11 is 6.09. The molecule has 2 atom stereocenters. The Bertz CT molecular complexity index is 1050. The van der Waals surface area contributed by atoms with Gasteiger partial charge in [-0.2, -0.15) is 5.26 Å². The number of carbonyl (C=O) groups is 1. The van der Waals surface area contributed by atoms with Gasteiger partial charge in [-0.3, -0.25) is 4.21 Å². The number of hydrogen-bond donors (Lipinski definition) is 2. The lowest BCUT2D eigenvalue weighted by molar-refractivity contribution is -0.133. The maximum atomic E-state index is 12.8. The monoisotopic (exact) mass is 412 g/mol. The lowest BCUT2D eigenvalue weighted by Gasteiger charge is -2.29. The van der Waals surface area contributed by atoms with Gasteiger partial charge in [0.25, 0.3) is 0 Å². The highest BCUT2D eigenvalue weighted by atomic mass is 35.5. The van der Waals surface area contributed by atoms with E-state index in [1.807, 2.05) is 6.07 Å². The Labute approximate surface area is 170 Å². The number of benzene rings is 2. The minimum Gasteiger partial charge on any atom is -0.478 e. The van der Waals surface area contributed by atoms with Crippen LogP contribution >= 0.6 is 11.6 Å². The second-order valence-electron chi connectivity index (χ2n) is 6.26. The van der Waals surface area contributed by atoms with Crippen molar-refractivity contribution in [2.75, 3.05) is 5.75 Å². The first-order chi connectivity index (χ1) is 13.4. The lowest BCUT2D eigenvalue weighted by Crippen LogP contribution is -2.31. The van der Waals surface area contributed by atoms with Gasteiger partial charge in [0.05, 0.1) is 39.7 Å². The van der Waals surface area contributed by atoms with E-state index in [1.165, 1.54) is 0 Å². The molecular weight excluding hydrogens is 396 g/mol. The molecule has 0 saturated heterocycles. The third-order valence-corrected chi connectivity index (χ3v) is 6.04. The molecule has 2 aromatic rings. The molecule has 28 heavy (non-hydrogen) atoms. The van der Waals surface area contributed by atoms with Crippen LogP contribution in [0.2, 0.25) is 5.02 Å². The van der Waals surface area contributed by atoms with Gasteiger partial charge in [0.15, 0.2) is 0 Å². The summed E-state index contributed by atoms with van der Waals surface area (Å²) < 4.78 is 12.8. The van der Waals surface area contributed by atoms with Crippen molar-refractivity contribution in [3.8, 4) is 6.07 Å². The third kappa shape index (κ3) is 4.01. The molecule has 2 aromatic carbocycles. The van der Waals surface area contributed by atoms with E-state index in [-0.39, 0.29) is 11.3 Å². The Balaban J connectivity index is 2.11. The lowest BCUT2D eigenvalue weighted by atomic mass is 9.81. The van der Waals surface area contributed by atoms with Gasteiger partial charge >= 0.3 is 5.97 Å². The van der Waals surface area contributed by atoms with Crippen LogP contribution in [0.5, 0.6) is 0 Å². The van der Waals surface area contributed by atoms with E-state index in [1.54, 1.807) is 55.5 Å². The van der Waals surface area contributed by atoms with Crippen LogP contribution < -0.4 is 5.32 Å². The maximum Gasteiger partial charge on any atom is 0.334 e. The van der Waals surface area contributed by atoms with Gasteiger partial charge in [0, 0.05) is 21.3 Å². The van der Waals surface area contributed by atoms with Crippen molar-refractivity contribution in [2.24, 2.45) is 0 Å². The zero-order chi connectivity index (χ0) is 20.3. The van der Waals surface area contributed by atoms with E-state index in [4.69, 9.17) is 11.6 Å². The summed E-state index contributed by atoms with van der Waals surface area (Å²) in [5.41, 5.74) is 1.78. The van der Waals surface area contributed by atoms with E-state index in [0.717, 1.165) is 0 Å². The summed E-state index contributed by atoms with van der Waals surface area (Å²) in [4.78, 5) is 12.8. The molecule has 0 aliphatic carbocycles. The highest BCUT2D eigenvalue weighted by molar-refractivity contribution is 7.85. The SMILES string of the molecule is CC1=C(C#N)C(c2cccc(Cl)c2)C(C(=O)O)=C(CS(=O)c2ccccc2)N1. The predicted octanol–water partition coefficient (Wildman–Crippen LogP) is 3.97. The highest BCUT2D eigenvalue weighted by Crippen LogP contribution is 2.38. The Morgan fingerprint density at radius 1 is 1.25 bits per heavy atom. The molecule has 1 heterocycles. The Morgan fingerprint density at radius 2 is 1.96 bits per heavy atom. The van der Waals surface area contributed by atoms with Crippen molar-refractivity contribution in [3.63, 3.8) is 0 Å². The topological polar surface area (TPSA) is 90.2 Å². The van der Waals surface area contributed by atoms with Crippen LogP contribution in [0, 0.1) is 11.3 Å². The largest absolute Gasteiger partial charge is 0.478 e. The van der Waals surface area contributed by atoms with Crippen molar-refractivity contribution >= 4 is 28.4 Å². The van der Waals surface area contributed by atoms with Crippen LogP contribution in [0.3, 0.4) is 0 Å². The quantitative estimate of drug-likeness (QED) is 0.775. The van der Waals surface area contributed by atoms with E-state index in [9.17, 15) is 19.4 Å². The number of aliphatic carboxylic acids is 1. The molecule has 1 aliphatic rings. The van der Waals surface area contributed by atoms with E-state index in [2.05, 4.69) is 11.4 Å². The van der Waals surface area contributed by atoms with Gasteiger partial charge in [0.2, 0.25) is 0 Å². The standard InChI is InChI=1S/C21H17ClN2O3S/c1-13-17(11-23)19(14-6-5-7-15(22)10-14)20(21(25)26)18(24-13)12-28(27)16-8-3-2-4-9-16/h2-10,19,24H,12H2,1H3,(H,25,26). The summed E-state index contributed by atoms with van der Waals surface area (Å²) in [6.45, 7) is 1.71. The number of carboxylic acid groups (broad SMARTS) is 1. The van der Waals surface area contributed by atoms with Crippen LogP contribution in [-0.4, -0.2) is 21.0 Å². The first-order valence-corrected chi connectivity index (χ1v) is 10.1. The summed E-state index contributed by atoms with van der Waals surface area (Å²) in [7, 11) is -1.44. The molecule has 2 unspecified atom stereocenters. The number of nitrogens with zero attached hydrogens (tertiary/aromatic N) is 1. The molecule has 142 valence electrons. The fraction of sp³-hybridized carbons (Fsp3) is 0.143. The summed E-state index contributed by atoms with van der Waals surface area (Å²) in [6, 6.07) is 17.7. The molecule has 0 fully saturated rings. The number of nitriles is 1. The number of rotatable bonds is 5. The number of carboxylic acids is 1. The maximum absolute atomic E-state index is 12.8. The van der Waals surface area contributed by atoms with Crippen molar-refractivity contribution in [1.82, 2.24) is 5.32 Å². The fourth-order valence-electron chi connectivity index (χ4n) is 3.22. The zero-order valence-electron chi connectivity index (χ0n) is 15.0. The molecule has 7 heteroatoms. The van der Waals surface area contributed by atoms with Gasteiger partial charge in [0.1, 0.15) is 0 Å². The van der Waals surface area contributed by atoms with Crippen LogP contribution in [0.25, 0.3) is 0 Å². The zero-order valence-corrected chi connectivity index (χ0v) is 16.6. The number of halogens is 1. The van der Waals surface area contributed by atoms with Gasteiger partial charge < -0.3 is 10.4 Å². The Kier molecular flexibility index (Phi) is 5.98. The molecule has 5 nitrogen and oxygen atoms in total. The summed E-state index contributed by atoms with van der Waals surface area (Å²) in [5.74, 6) is -1.96. The highest BCUT2D eigenvalue weighted by Gasteiger charge is 2.35. The van der Waals surface area contributed by atoms with Crippen molar-refractivity contribution in [1.29, 1.82) is 5.26 Å². The smallest absolute Gasteiger partial charge is 0.334 e. The van der Waals surface area contributed by atoms with Gasteiger partial charge in [-0.1, -0.05) is 41.9 Å². The molecular formula is C21H17ClN2O3S. The van der Waals surface area contributed by atoms with E-state index < -0.39 is 22.7 Å². The molecule has 3 rings (SSSR count). The van der Waals surface area contributed by atoms with Crippen LogP contribution in [0.15, 0.2) is 82.0 Å². The third-order valence-electron chi connectivity index (χ3n) is 4.46. The minimum atomic E-state index is -1.44. The Morgan fingerprint density at radius 3 is 2.57 bits per heavy atom. The molecule has 2 N–H and O–H groups in total. The average Bonchev–Trinajstić information content (AvgIpc) is 2.67. The van der Waals surface area contributed by atoms with Crippen LogP contribution in [0.1, 0.15) is 18.4 Å². The molecule has 0 amide bonds. The molecule has 0 aromatic heterocycles. The molecule has 0 saturated carbocycles. The van der Waals surface area contributed by atoms with Gasteiger partial charge in [-0.15, -0.1) is 0 Å². The van der Waals surface area contributed by atoms with Gasteiger partial charge in [-0.25, -0.2) is 4.79 Å². The van der Waals surface area contributed by atoms with Crippen molar-refractivity contribution in [2.45, 2.75) is 17.7 Å². The normalized spacial score (nSPS) is 17.7. The second kappa shape index (κ2) is 8.42. The van der Waals surface area contributed by atoms with E-state index >= 15 is 0 Å². The Hall–Kier alpha value is -2.88. The van der Waals surface area contributed by atoms with Gasteiger partial charge in [-0.05, 0) is 36.8 Å². The first kappa shape index (κ1) is 19.9. The van der Waals surface area contributed by atoms with Crippen LogP contribution in [0.4, 0.5) is 0 Å². The summed E-state index contributed by atoms with van der Waals surface area (Å²) in [5, 5.41) is 23.0. The number of nitrogens with one attached hydrogen (secondary N) is 1. The van der Waals surface area contributed by atoms with Crippen molar-refractivity contribution < 1.29 is 14.1 Å². The van der Waals surface area contributed by atoms with E-state index in [0.29, 0.717) is 32.4 Å². The molecule has 0 radical (unpaired) electrons.